The molecule has 6 nitrogen and oxygen atoms in total. The molecule has 0 unspecified atom stereocenters. The second-order valence-corrected chi connectivity index (χ2v) is 9.32. The lowest BCUT2D eigenvalue weighted by Crippen LogP contribution is -2.35. The van der Waals surface area contributed by atoms with Gasteiger partial charge in [-0.1, -0.05) is 35.9 Å². The van der Waals surface area contributed by atoms with Crippen molar-refractivity contribution in [3.63, 3.8) is 0 Å². The summed E-state index contributed by atoms with van der Waals surface area (Å²) in [6.07, 6.45) is 1.15. The first-order valence-corrected chi connectivity index (χ1v) is 11.4. The molecule has 0 radical (unpaired) electrons. The predicted molar refractivity (Wildman–Crippen MR) is 130 cm³/mol. The number of aliphatic carboxylic acids is 1. The lowest BCUT2D eigenvalue weighted by Gasteiger charge is -2.24. The highest BCUT2D eigenvalue weighted by molar-refractivity contribution is 6.30. The fraction of sp³-hybridized carbons (Fsp3) is 0.259. The Morgan fingerprint density at radius 2 is 1.89 bits per heavy atom. The molecule has 4 rings (SSSR count). The Morgan fingerprint density at radius 1 is 1.14 bits per heavy atom. The first-order valence-electron chi connectivity index (χ1n) is 11.1. The Kier molecular flexibility index (Phi) is 6.98. The molecular weight excluding hydrogens is 473 g/mol. The van der Waals surface area contributed by atoms with Crippen LogP contribution in [-0.2, 0) is 24.2 Å². The van der Waals surface area contributed by atoms with Crippen molar-refractivity contribution >= 4 is 23.5 Å². The molecule has 1 heterocycles. The number of benzene rings is 3. The van der Waals surface area contributed by atoms with Crippen LogP contribution in [0.2, 0.25) is 5.02 Å². The number of hydrogen-bond donors (Lipinski definition) is 1. The minimum absolute atomic E-state index is 0.0485. The van der Waals surface area contributed by atoms with Crippen molar-refractivity contribution in [3.05, 3.63) is 93.8 Å². The van der Waals surface area contributed by atoms with E-state index in [0.29, 0.717) is 34.9 Å². The lowest BCUT2D eigenvalue weighted by atomic mass is 9.91. The molecule has 0 saturated carbocycles. The van der Waals surface area contributed by atoms with Crippen molar-refractivity contribution in [3.8, 4) is 11.5 Å². The van der Waals surface area contributed by atoms with Gasteiger partial charge in [0.05, 0.1) is 7.11 Å². The van der Waals surface area contributed by atoms with Crippen LogP contribution in [0.5, 0.6) is 11.5 Å². The fourth-order valence-corrected chi connectivity index (χ4v) is 4.53. The number of carboxylic acid groups (broad SMARTS) is 1. The molecule has 0 aromatic heterocycles. The predicted octanol–water partition coefficient (Wildman–Crippen LogP) is 5.15. The first-order chi connectivity index (χ1) is 16.7. The van der Waals surface area contributed by atoms with Crippen LogP contribution in [0, 0.1) is 5.82 Å². The van der Waals surface area contributed by atoms with Crippen molar-refractivity contribution in [1.29, 1.82) is 0 Å². The second kappa shape index (κ2) is 9.96. The van der Waals surface area contributed by atoms with Gasteiger partial charge in [-0.25, -0.2) is 4.39 Å². The molecule has 182 valence electrons. The molecule has 0 bridgehead atoms. The monoisotopic (exact) mass is 497 g/mol. The quantitative estimate of drug-likeness (QED) is 0.465. The zero-order chi connectivity index (χ0) is 25.2. The van der Waals surface area contributed by atoms with Crippen LogP contribution in [0.15, 0.2) is 60.7 Å². The minimum atomic E-state index is -1.17. The number of amides is 1. The standard InChI is InChI=1S/C27H25ClFNO5/c1-27(13-17-6-8-21(28)9-7-17)14-20-11-19(12-23(34-2)25(20)35-27)26(33)30(16-24(31)32)15-18-4-3-5-22(29)10-18/h3-12H,13-16H2,1-2H3,(H,31,32)/t27-/m1/s1. The van der Waals surface area contributed by atoms with Gasteiger partial charge >= 0.3 is 5.97 Å². The summed E-state index contributed by atoms with van der Waals surface area (Å²) in [6, 6.07) is 16.6. The number of carboxylic acids is 1. The third-order valence-electron chi connectivity index (χ3n) is 5.88. The van der Waals surface area contributed by atoms with Crippen LogP contribution < -0.4 is 9.47 Å². The number of nitrogens with zero attached hydrogens (tertiary/aromatic N) is 1. The van der Waals surface area contributed by atoms with Gasteiger partial charge in [-0.2, -0.15) is 0 Å². The Morgan fingerprint density at radius 3 is 2.54 bits per heavy atom. The van der Waals surface area contributed by atoms with Crippen molar-refractivity contribution in [2.45, 2.75) is 31.9 Å². The smallest absolute Gasteiger partial charge is 0.323 e. The summed E-state index contributed by atoms with van der Waals surface area (Å²) in [5, 5.41) is 10.0. The van der Waals surface area contributed by atoms with Gasteiger partial charge in [0.2, 0.25) is 0 Å². The number of halogens is 2. The zero-order valence-electron chi connectivity index (χ0n) is 19.4. The molecule has 3 aromatic carbocycles. The summed E-state index contributed by atoms with van der Waals surface area (Å²) in [6.45, 7) is 1.41. The Hall–Kier alpha value is -3.58. The first kappa shape index (κ1) is 24.5. The van der Waals surface area contributed by atoms with Crippen LogP contribution in [0.1, 0.15) is 34.0 Å². The van der Waals surface area contributed by atoms with E-state index < -0.39 is 29.8 Å². The number of hydrogen-bond acceptors (Lipinski definition) is 4. The van der Waals surface area contributed by atoms with Gasteiger partial charge in [0.15, 0.2) is 11.5 Å². The number of carbonyl (C=O) groups excluding carboxylic acids is 1. The number of rotatable bonds is 8. The van der Waals surface area contributed by atoms with E-state index in [0.717, 1.165) is 11.1 Å². The van der Waals surface area contributed by atoms with Crippen molar-refractivity contribution in [2.24, 2.45) is 0 Å². The minimum Gasteiger partial charge on any atom is -0.493 e. The highest BCUT2D eigenvalue weighted by Gasteiger charge is 2.38. The van der Waals surface area contributed by atoms with Gasteiger partial charge < -0.3 is 19.5 Å². The number of methoxy groups -OCH3 is 1. The largest absolute Gasteiger partial charge is 0.493 e. The van der Waals surface area contributed by atoms with E-state index in [1.807, 2.05) is 31.2 Å². The van der Waals surface area contributed by atoms with E-state index in [1.54, 1.807) is 18.2 Å². The van der Waals surface area contributed by atoms with E-state index >= 15 is 0 Å². The molecule has 1 aliphatic rings. The summed E-state index contributed by atoms with van der Waals surface area (Å²) in [5.41, 5.74) is 2.06. The Balaban J connectivity index is 1.61. The molecule has 1 N–H and O–H groups in total. The molecule has 8 heteroatoms. The van der Waals surface area contributed by atoms with E-state index in [2.05, 4.69) is 0 Å². The van der Waals surface area contributed by atoms with Gasteiger partial charge in [-0.3, -0.25) is 9.59 Å². The molecule has 1 amide bonds. The maximum absolute atomic E-state index is 13.6. The third kappa shape index (κ3) is 5.74. The average molecular weight is 498 g/mol. The topological polar surface area (TPSA) is 76.1 Å². The van der Waals surface area contributed by atoms with Gasteiger partial charge in [0.25, 0.3) is 5.91 Å². The number of ether oxygens (including phenoxy) is 2. The second-order valence-electron chi connectivity index (χ2n) is 8.88. The van der Waals surface area contributed by atoms with E-state index in [-0.39, 0.29) is 12.1 Å². The molecule has 1 aliphatic heterocycles. The molecular formula is C27H25ClFNO5. The summed E-state index contributed by atoms with van der Waals surface area (Å²) in [5.74, 6) is -1.16. The van der Waals surface area contributed by atoms with E-state index in [1.165, 1.54) is 30.2 Å². The third-order valence-corrected chi connectivity index (χ3v) is 6.13. The van der Waals surface area contributed by atoms with Crippen molar-refractivity contribution < 1.29 is 28.6 Å². The highest BCUT2D eigenvalue weighted by Crippen LogP contribution is 2.44. The van der Waals surface area contributed by atoms with E-state index in [4.69, 9.17) is 21.1 Å². The summed E-state index contributed by atoms with van der Waals surface area (Å²) in [4.78, 5) is 26.0. The number of carbonyl (C=O) groups is 2. The molecule has 0 aliphatic carbocycles. The van der Waals surface area contributed by atoms with Crippen LogP contribution in [0.25, 0.3) is 0 Å². The highest BCUT2D eigenvalue weighted by atomic mass is 35.5. The fourth-order valence-electron chi connectivity index (χ4n) is 4.40. The van der Waals surface area contributed by atoms with Crippen molar-refractivity contribution in [2.75, 3.05) is 13.7 Å². The molecule has 0 saturated heterocycles. The van der Waals surface area contributed by atoms with Crippen LogP contribution in [0.3, 0.4) is 0 Å². The number of fused-ring (bicyclic) bond motifs is 1. The normalized spacial score (nSPS) is 16.3. The van der Waals surface area contributed by atoms with E-state index in [9.17, 15) is 19.1 Å². The van der Waals surface area contributed by atoms with Gasteiger partial charge in [-0.15, -0.1) is 0 Å². The molecule has 35 heavy (non-hydrogen) atoms. The van der Waals surface area contributed by atoms with Gasteiger partial charge in [0.1, 0.15) is 18.0 Å². The van der Waals surface area contributed by atoms with Crippen LogP contribution in [0.4, 0.5) is 4.39 Å². The Bertz CT molecular complexity index is 1260. The van der Waals surface area contributed by atoms with Crippen molar-refractivity contribution in [1.82, 2.24) is 4.90 Å². The van der Waals surface area contributed by atoms with Gasteiger partial charge in [-0.05, 0) is 54.4 Å². The molecule has 0 spiro atoms. The maximum atomic E-state index is 13.6. The maximum Gasteiger partial charge on any atom is 0.323 e. The summed E-state index contributed by atoms with van der Waals surface area (Å²) in [7, 11) is 1.49. The molecule has 1 atom stereocenters. The average Bonchev–Trinajstić information content (AvgIpc) is 3.14. The van der Waals surface area contributed by atoms with Crippen LogP contribution in [-0.4, -0.2) is 41.1 Å². The molecule has 0 fully saturated rings. The Labute approximate surface area is 207 Å². The SMILES string of the molecule is COc1cc(C(=O)N(CC(=O)O)Cc2cccc(F)c2)cc2c1O[C@](C)(Cc1ccc(Cl)cc1)C2. The zero-order valence-corrected chi connectivity index (χ0v) is 20.1. The summed E-state index contributed by atoms with van der Waals surface area (Å²) < 4.78 is 25.5. The van der Waals surface area contributed by atoms with Gasteiger partial charge in [0, 0.05) is 35.5 Å². The van der Waals surface area contributed by atoms with Crippen LogP contribution >= 0.6 is 11.6 Å². The summed E-state index contributed by atoms with van der Waals surface area (Å²) >= 11 is 6.00. The lowest BCUT2D eigenvalue weighted by molar-refractivity contribution is -0.137. The molecule has 3 aromatic rings.